The minimum absolute atomic E-state index is 0.186. The van der Waals surface area contributed by atoms with Crippen LogP contribution in [0.25, 0.3) is 0 Å². The Morgan fingerprint density at radius 1 is 1.33 bits per heavy atom. The molecule has 9 heteroatoms. The Morgan fingerprint density at radius 3 is 2.67 bits per heavy atom. The van der Waals surface area contributed by atoms with Gasteiger partial charge in [0.1, 0.15) is 5.75 Å². The zero-order chi connectivity index (χ0) is 18.0. The third-order valence-electron chi connectivity index (χ3n) is 3.66. The van der Waals surface area contributed by atoms with E-state index in [-0.39, 0.29) is 13.0 Å². The maximum absolute atomic E-state index is 12.6. The second-order valence-electron chi connectivity index (χ2n) is 5.39. The van der Waals surface area contributed by atoms with E-state index in [0.29, 0.717) is 24.3 Å². The van der Waals surface area contributed by atoms with E-state index in [2.05, 4.69) is 4.74 Å². The molecule has 1 aromatic rings. The minimum Gasteiger partial charge on any atom is -0.497 e. The van der Waals surface area contributed by atoms with Gasteiger partial charge in [0.05, 0.1) is 7.11 Å². The third-order valence-corrected chi connectivity index (χ3v) is 3.66. The Labute approximate surface area is 136 Å². The summed E-state index contributed by atoms with van der Waals surface area (Å²) in [6.45, 7) is 0.245. The SMILES string of the molecule is COc1cccc(N2CCCC[C@](N)(OC(=O)C(F)(F)F)C2=O)c1. The Morgan fingerprint density at radius 2 is 2.04 bits per heavy atom. The van der Waals surface area contributed by atoms with Gasteiger partial charge in [0.15, 0.2) is 0 Å². The van der Waals surface area contributed by atoms with Crippen LogP contribution in [0.3, 0.4) is 0 Å². The number of esters is 1. The number of carbonyl (C=O) groups excluding carboxylic acids is 2. The van der Waals surface area contributed by atoms with Crippen LogP contribution in [0.2, 0.25) is 0 Å². The van der Waals surface area contributed by atoms with Crippen molar-refractivity contribution in [3.05, 3.63) is 24.3 Å². The lowest BCUT2D eigenvalue weighted by molar-refractivity contribution is -0.214. The summed E-state index contributed by atoms with van der Waals surface area (Å²) in [5.41, 5.74) is 3.78. The normalized spacial score (nSPS) is 22.0. The monoisotopic (exact) mass is 346 g/mol. The van der Waals surface area contributed by atoms with Crippen LogP contribution in [0, 0.1) is 0 Å². The van der Waals surface area contributed by atoms with Crippen molar-refractivity contribution in [1.29, 1.82) is 0 Å². The summed E-state index contributed by atoms with van der Waals surface area (Å²) in [7, 11) is 1.45. The first-order valence-electron chi connectivity index (χ1n) is 7.22. The van der Waals surface area contributed by atoms with Crippen molar-refractivity contribution in [3.8, 4) is 5.75 Å². The first-order valence-corrected chi connectivity index (χ1v) is 7.22. The topological polar surface area (TPSA) is 81.9 Å². The summed E-state index contributed by atoms with van der Waals surface area (Å²) in [6, 6.07) is 6.43. The molecule has 0 saturated carbocycles. The molecule has 1 amide bonds. The number of benzene rings is 1. The van der Waals surface area contributed by atoms with Crippen LogP contribution in [0.1, 0.15) is 19.3 Å². The molecule has 1 aliphatic rings. The van der Waals surface area contributed by atoms with Gasteiger partial charge in [0.2, 0.25) is 5.72 Å². The fraction of sp³-hybridized carbons (Fsp3) is 0.467. The fourth-order valence-corrected chi connectivity index (χ4v) is 2.44. The van der Waals surface area contributed by atoms with E-state index in [4.69, 9.17) is 10.5 Å². The highest BCUT2D eigenvalue weighted by molar-refractivity contribution is 6.00. The molecule has 24 heavy (non-hydrogen) atoms. The lowest BCUT2D eigenvalue weighted by atomic mass is 10.1. The summed E-state index contributed by atoms with van der Waals surface area (Å²) in [5, 5.41) is 0. The fourth-order valence-electron chi connectivity index (χ4n) is 2.44. The number of carbonyl (C=O) groups is 2. The van der Waals surface area contributed by atoms with E-state index in [1.165, 1.54) is 12.0 Å². The molecule has 1 aromatic carbocycles. The van der Waals surface area contributed by atoms with Crippen LogP contribution in [0.5, 0.6) is 5.75 Å². The van der Waals surface area contributed by atoms with Gasteiger partial charge in [0.25, 0.3) is 5.91 Å². The molecule has 1 atom stereocenters. The predicted molar refractivity (Wildman–Crippen MR) is 78.3 cm³/mol. The smallest absolute Gasteiger partial charge is 0.491 e. The van der Waals surface area contributed by atoms with Crippen LogP contribution in [-0.4, -0.2) is 37.4 Å². The molecule has 2 rings (SSSR count). The molecule has 6 nitrogen and oxygen atoms in total. The maximum atomic E-state index is 12.6. The van der Waals surface area contributed by atoms with Crippen LogP contribution < -0.4 is 15.4 Å². The summed E-state index contributed by atoms with van der Waals surface area (Å²) in [4.78, 5) is 25.0. The van der Waals surface area contributed by atoms with E-state index >= 15 is 0 Å². The van der Waals surface area contributed by atoms with Gasteiger partial charge in [-0.15, -0.1) is 0 Å². The minimum atomic E-state index is -5.22. The van der Waals surface area contributed by atoms with Gasteiger partial charge in [-0.2, -0.15) is 13.2 Å². The number of amides is 1. The largest absolute Gasteiger partial charge is 0.497 e. The van der Waals surface area contributed by atoms with Gasteiger partial charge < -0.3 is 14.4 Å². The van der Waals surface area contributed by atoms with Crippen molar-refractivity contribution in [2.75, 3.05) is 18.6 Å². The summed E-state index contributed by atoms with van der Waals surface area (Å²) < 4.78 is 46.8. The van der Waals surface area contributed by atoms with Crippen LogP contribution in [0.4, 0.5) is 18.9 Å². The lowest BCUT2D eigenvalue weighted by Gasteiger charge is -2.31. The Kier molecular flexibility index (Phi) is 5.02. The summed E-state index contributed by atoms with van der Waals surface area (Å²) in [6.07, 6.45) is -4.56. The molecule has 1 saturated heterocycles. The van der Waals surface area contributed by atoms with E-state index in [0.717, 1.165) is 0 Å². The molecule has 0 aliphatic carbocycles. The number of rotatable bonds is 3. The van der Waals surface area contributed by atoms with Gasteiger partial charge in [-0.25, -0.2) is 4.79 Å². The molecule has 0 aromatic heterocycles. The van der Waals surface area contributed by atoms with Crippen LogP contribution in [-0.2, 0) is 14.3 Å². The van der Waals surface area contributed by atoms with Gasteiger partial charge in [-0.1, -0.05) is 6.07 Å². The molecule has 0 bridgehead atoms. The number of alkyl halides is 3. The Hall–Kier alpha value is -2.29. The first kappa shape index (κ1) is 18.1. The number of ether oxygens (including phenoxy) is 2. The molecule has 0 spiro atoms. The van der Waals surface area contributed by atoms with Crippen LogP contribution in [0.15, 0.2) is 24.3 Å². The van der Waals surface area contributed by atoms with Crippen molar-refractivity contribution < 1.29 is 32.2 Å². The highest BCUT2D eigenvalue weighted by atomic mass is 19.4. The number of methoxy groups -OCH3 is 1. The molecule has 132 valence electrons. The third kappa shape index (κ3) is 3.78. The highest BCUT2D eigenvalue weighted by Gasteiger charge is 2.50. The van der Waals surface area contributed by atoms with Gasteiger partial charge in [0, 0.05) is 24.7 Å². The van der Waals surface area contributed by atoms with Crippen molar-refractivity contribution >= 4 is 17.6 Å². The summed E-state index contributed by atoms with van der Waals surface area (Å²) >= 11 is 0. The van der Waals surface area contributed by atoms with E-state index in [1.807, 2.05) is 0 Å². The quantitative estimate of drug-likeness (QED) is 0.668. The van der Waals surface area contributed by atoms with Gasteiger partial charge >= 0.3 is 12.1 Å². The van der Waals surface area contributed by atoms with E-state index < -0.39 is 23.8 Å². The first-order chi connectivity index (χ1) is 11.2. The number of nitrogens with zero attached hydrogens (tertiary/aromatic N) is 1. The van der Waals surface area contributed by atoms with Crippen LogP contribution >= 0.6 is 0 Å². The molecule has 1 aliphatic heterocycles. The average Bonchev–Trinajstić information content (AvgIpc) is 2.66. The number of halogens is 3. The number of hydrogen-bond acceptors (Lipinski definition) is 5. The Bertz CT molecular complexity index is 635. The maximum Gasteiger partial charge on any atom is 0.491 e. The second kappa shape index (κ2) is 6.68. The molecular formula is C15H17F3N2O4. The van der Waals surface area contributed by atoms with Crippen molar-refractivity contribution in [2.45, 2.75) is 31.2 Å². The average molecular weight is 346 g/mol. The zero-order valence-electron chi connectivity index (χ0n) is 12.9. The van der Waals surface area contributed by atoms with Crippen molar-refractivity contribution in [3.63, 3.8) is 0 Å². The molecule has 2 N–H and O–H groups in total. The summed E-state index contributed by atoms with van der Waals surface area (Å²) in [5.74, 6) is -2.91. The number of hydrogen-bond donors (Lipinski definition) is 1. The molecule has 1 heterocycles. The lowest BCUT2D eigenvalue weighted by Crippen LogP contribution is -2.58. The number of anilines is 1. The number of nitrogens with two attached hydrogens (primary N) is 1. The van der Waals surface area contributed by atoms with Gasteiger partial charge in [-0.3, -0.25) is 10.5 Å². The van der Waals surface area contributed by atoms with E-state index in [9.17, 15) is 22.8 Å². The highest BCUT2D eigenvalue weighted by Crippen LogP contribution is 2.30. The molecular weight excluding hydrogens is 329 g/mol. The second-order valence-corrected chi connectivity index (χ2v) is 5.39. The molecule has 0 radical (unpaired) electrons. The molecule has 0 unspecified atom stereocenters. The van der Waals surface area contributed by atoms with Gasteiger partial charge in [-0.05, 0) is 25.0 Å². The predicted octanol–water partition coefficient (Wildman–Crippen LogP) is 1.97. The zero-order valence-corrected chi connectivity index (χ0v) is 12.9. The van der Waals surface area contributed by atoms with E-state index in [1.54, 1.807) is 24.3 Å². The van der Waals surface area contributed by atoms with Crippen molar-refractivity contribution in [1.82, 2.24) is 0 Å². The standard InChI is InChI=1S/C15H17F3N2O4/c1-23-11-6-4-5-10(9-11)20-8-3-2-7-14(19,12(20)21)24-13(22)15(16,17)18/h4-6,9H,2-3,7-8,19H2,1H3/t14-/m0/s1. The molecule has 1 fully saturated rings. The Balaban J connectivity index is 2.31. The van der Waals surface area contributed by atoms with Crippen molar-refractivity contribution in [2.24, 2.45) is 5.73 Å².